The van der Waals surface area contributed by atoms with Crippen molar-refractivity contribution in [1.82, 2.24) is 0 Å². The Labute approximate surface area is 117 Å². The summed E-state index contributed by atoms with van der Waals surface area (Å²) in [5.41, 5.74) is 7.83. The minimum absolute atomic E-state index is 0.0327. The quantitative estimate of drug-likeness (QED) is 0.874. The van der Waals surface area contributed by atoms with Gasteiger partial charge in [0.15, 0.2) is 11.6 Å². The van der Waals surface area contributed by atoms with Gasteiger partial charge in [-0.25, -0.2) is 4.39 Å². The monoisotopic (exact) mass is 279 g/mol. The van der Waals surface area contributed by atoms with E-state index in [0.29, 0.717) is 18.8 Å². The van der Waals surface area contributed by atoms with Gasteiger partial charge in [-0.05, 0) is 46.9 Å². The van der Waals surface area contributed by atoms with Crippen molar-refractivity contribution in [1.29, 1.82) is 0 Å². The van der Waals surface area contributed by atoms with Crippen LogP contribution in [-0.4, -0.2) is 6.04 Å². The van der Waals surface area contributed by atoms with Gasteiger partial charge in [0.05, 0.1) is 0 Å². The number of benzene rings is 1. The van der Waals surface area contributed by atoms with E-state index in [9.17, 15) is 4.39 Å². The van der Waals surface area contributed by atoms with Crippen molar-refractivity contribution >= 4 is 11.3 Å². The molecule has 0 saturated carbocycles. The van der Waals surface area contributed by atoms with Gasteiger partial charge in [-0.3, -0.25) is 0 Å². The van der Waals surface area contributed by atoms with Crippen LogP contribution < -0.4 is 10.5 Å². The van der Waals surface area contributed by atoms with Crippen molar-refractivity contribution in [2.24, 2.45) is 5.73 Å². The van der Waals surface area contributed by atoms with E-state index in [-0.39, 0.29) is 11.9 Å². The van der Waals surface area contributed by atoms with E-state index >= 15 is 0 Å². The van der Waals surface area contributed by atoms with Crippen LogP contribution in [0.3, 0.4) is 0 Å². The van der Waals surface area contributed by atoms with E-state index in [2.05, 4.69) is 0 Å². The first kappa shape index (κ1) is 14.0. The van der Waals surface area contributed by atoms with Crippen molar-refractivity contribution < 1.29 is 9.13 Å². The van der Waals surface area contributed by atoms with E-state index < -0.39 is 0 Å². The van der Waals surface area contributed by atoms with E-state index in [1.807, 2.05) is 29.8 Å². The molecule has 102 valence electrons. The van der Waals surface area contributed by atoms with Crippen LogP contribution >= 0.6 is 11.3 Å². The fourth-order valence-corrected chi connectivity index (χ4v) is 2.49. The third-order valence-corrected chi connectivity index (χ3v) is 3.75. The van der Waals surface area contributed by atoms with Crippen molar-refractivity contribution in [3.63, 3.8) is 0 Å². The smallest absolute Gasteiger partial charge is 0.165 e. The van der Waals surface area contributed by atoms with Crippen LogP contribution in [-0.2, 0) is 13.0 Å². The Bertz CT molecular complexity index is 513. The predicted molar refractivity (Wildman–Crippen MR) is 77.0 cm³/mol. The number of rotatable bonds is 6. The van der Waals surface area contributed by atoms with Crippen molar-refractivity contribution in [2.45, 2.75) is 32.4 Å². The van der Waals surface area contributed by atoms with Gasteiger partial charge in [0, 0.05) is 6.04 Å². The summed E-state index contributed by atoms with van der Waals surface area (Å²) in [6.45, 7) is 2.41. The minimum atomic E-state index is -0.323. The summed E-state index contributed by atoms with van der Waals surface area (Å²) in [7, 11) is 0. The molecule has 1 unspecified atom stereocenters. The average molecular weight is 279 g/mol. The maximum Gasteiger partial charge on any atom is 0.165 e. The van der Waals surface area contributed by atoms with Gasteiger partial charge in [0.1, 0.15) is 6.61 Å². The molecule has 1 heterocycles. The molecule has 0 spiro atoms. The molecule has 2 aromatic rings. The lowest BCUT2D eigenvalue weighted by atomic mass is 10.0. The molecule has 2 N–H and O–H groups in total. The summed E-state index contributed by atoms with van der Waals surface area (Å²) in [5, 5.41) is 3.98. The lowest BCUT2D eigenvalue weighted by Gasteiger charge is -2.14. The van der Waals surface area contributed by atoms with Crippen molar-refractivity contribution in [2.75, 3.05) is 0 Å². The maximum atomic E-state index is 13.9. The number of para-hydroxylation sites is 1. The normalized spacial score (nSPS) is 12.4. The Morgan fingerprint density at radius 3 is 2.89 bits per heavy atom. The number of nitrogens with two attached hydrogens (primary N) is 1. The second kappa shape index (κ2) is 6.68. The van der Waals surface area contributed by atoms with E-state index in [4.69, 9.17) is 10.5 Å². The molecule has 0 saturated heterocycles. The molecule has 0 aliphatic heterocycles. The zero-order chi connectivity index (χ0) is 13.7. The van der Waals surface area contributed by atoms with E-state index in [0.717, 1.165) is 17.5 Å². The molecule has 0 amide bonds. The zero-order valence-electron chi connectivity index (χ0n) is 10.9. The Morgan fingerprint density at radius 1 is 1.37 bits per heavy atom. The summed E-state index contributed by atoms with van der Waals surface area (Å²) in [6.07, 6.45) is 1.49. The zero-order valence-corrected chi connectivity index (χ0v) is 11.8. The molecule has 0 bridgehead atoms. The molecule has 1 atom stereocenters. The summed E-state index contributed by atoms with van der Waals surface area (Å²) in [6, 6.07) is 7.00. The largest absolute Gasteiger partial charge is 0.486 e. The highest BCUT2D eigenvalue weighted by Gasteiger charge is 2.12. The molecule has 0 aliphatic carbocycles. The standard InChI is InChI=1S/C15H18FNOS/c1-2-13(17)8-12-4-3-5-14(16)15(12)18-9-11-6-7-19-10-11/h3-7,10,13H,2,8-9,17H2,1H3. The van der Waals surface area contributed by atoms with E-state index in [1.165, 1.54) is 6.07 Å². The molecular weight excluding hydrogens is 261 g/mol. The van der Waals surface area contributed by atoms with E-state index in [1.54, 1.807) is 17.4 Å². The molecular formula is C15H18FNOS. The minimum Gasteiger partial charge on any atom is -0.486 e. The SMILES string of the molecule is CCC(N)Cc1cccc(F)c1OCc1ccsc1. The van der Waals surface area contributed by atoms with Crippen molar-refractivity contribution in [3.8, 4) is 5.75 Å². The Morgan fingerprint density at radius 2 is 2.21 bits per heavy atom. The highest BCUT2D eigenvalue weighted by Crippen LogP contribution is 2.25. The Balaban J connectivity index is 2.13. The summed E-state index contributed by atoms with van der Waals surface area (Å²) >= 11 is 1.60. The fourth-order valence-electron chi connectivity index (χ4n) is 1.83. The molecule has 19 heavy (non-hydrogen) atoms. The van der Waals surface area contributed by atoms with Crippen LogP contribution in [0.15, 0.2) is 35.0 Å². The van der Waals surface area contributed by atoms with Gasteiger partial charge in [-0.1, -0.05) is 19.1 Å². The van der Waals surface area contributed by atoms with Crippen LogP contribution in [0.25, 0.3) is 0 Å². The number of ether oxygens (including phenoxy) is 1. The van der Waals surface area contributed by atoms with Gasteiger partial charge >= 0.3 is 0 Å². The molecule has 0 radical (unpaired) electrons. The average Bonchev–Trinajstić information content (AvgIpc) is 2.91. The van der Waals surface area contributed by atoms with Crippen LogP contribution in [0.5, 0.6) is 5.75 Å². The highest BCUT2D eigenvalue weighted by atomic mass is 32.1. The van der Waals surface area contributed by atoms with Gasteiger partial charge < -0.3 is 10.5 Å². The first-order valence-electron chi connectivity index (χ1n) is 6.37. The lowest BCUT2D eigenvalue weighted by Crippen LogP contribution is -2.22. The predicted octanol–water partition coefficient (Wildman–Crippen LogP) is 3.75. The second-order valence-electron chi connectivity index (χ2n) is 4.52. The first-order valence-corrected chi connectivity index (χ1v) is 7.31. The fraction of sp³-hybridized carbons (Fsp3) is 0.333. The third kappa shape index (κ3) is 3.78. The highest BCUT2D eigenvalue weighted by molar-refractivity contribution is 7.07. The molecule has 0 aliphatic rings. The molecule has 2 nitrogen and oxygen atoms in total. The molecule has 1 aromatic carbocycles. The number of hydrogen-bond donors (Lipinski definition) is 1. The molecule has 0 fully saturated rings. The maximum absolute atomic E-state index is 13.9. The molecule has 2 rings (SSSR count). The van der Waals surface area contributed by atoms with Crippen molar-refractivity contribution in [3.05, 3.63) is 52.0 Å². The van der Waals surface area contributed by atoms with Crippen LogP contribution in [0, 0.1) is 5.82 Å². The summed E-state index contributed by atoms with van der Waals surface area (Å²) < 4.78 is 19.5. The number of hydrogen-bond acceptors (Lipinski definition) is 3. The Hall–Kier alpha value is -1.39. The topological polar surface area (TPSA) is 35.2 Å². The van der Waals surface area contributed by atoms with Gasteiger partial charge in [-0.15, -0.1) is 0 Å². The Kier molecular flexibility index (Phi) is 4.93. The number of thiophene rings is 1. The van der Waals surface area contributed by atoms with Gasteiger partial charge in [0.25, 0.3) is 0 Å². The lowest BCUT2D eigenvalue weighted by molar-refractivity contribution is 0.286. The first-order chi connectivity index (χ1) is 9.20. The van der Waals surface area contributed by atoms with Crippen LogP contribution in [0.2, 0.25) is 0 Å². The summed E-state index contributed by atoms with van der Waals surface area (Å²) in [4.78, 5) is 0. The number of halogens is 1. The second-order valence-corrected chi connectivity index (χ2v) is 5.30. The molecule has 4 heteroatoms. The molecule has 1 aromatic heterocycles. The van der Waals surface area contributed by atoms with Crippen LogP contribution in [0.1, 0.15) is 24.5 Å². The third-order valence-electron chi connectivity index (χ3n) is 3.02. The van der Waals surface area contributed by atoms with Gasteiger partial charge in [0.2, 0.25) is 0 Å². The van der Waals surface area contributed by atoms with Crippen LogP contribution in [0.4, 0.5) is 4.39 Å². The van der Waals surface area contributed by atoms with Gasteiger partial charge in [-0.2, -0.15) is 11.3 Å². The summed E-state index contributed by atoms with van der Waals surface area (Å²) in [5.74, 6) is 0.00799.